The number of halogens is 1. The highest BCUT2D eigenvalue weighted by molar-refractivity contribution is 7.98. The van der Waals surface area contributed by atoms with Crippen molar-refractivity contribution in [3.05, 3.63) is 15.3 Å². The van der Waals surface area contributed by atoms with Crippen LogP contribution in [0.4, 0.5) is 11.5 Å². The summed E-state index contributed by atoms with van der Waals surface area (Å²) in [5.74, 6) is 1.13. The van der Waals surface area contributed by atoms with Crippen molar-refractivity contribution in [3.63, 3.8) is 0 Å². The van der Waals surface area contributed by atoms with Crippen molar-refractivity contribution >= 4 is 47.5 Å². The second-order valence-electron chi connectivity index (χ2n) is 3.55. The van der Waals surface area contributed by atoms with E-state index >= 15 is 0 Å². The lowest BCUT2D eigenvalue weighted by Crippen LogP contribution is -2.08. The fraction of sp³-hybridized carbons (Fsp3) is 0.636. The van der Waals surface area contributed by atoms with E-state index in [1.165, 1.54) is 11.8 Å². The van der Waals surface area contributed by atoms with E-state index < -0.39 is 4.92 Å². The number of anilines is 1. The zero-order chi connectivity index (χ0) is 15.5. The Hall–Kier alpha value is -0.730. The Kier molecular flexibility index (Phi) is 10.6. The number of nitrogens with one attached hydrogen (secondary N) is 1. The number of nitrogens with zero attached hydrogens (tertiary/aromatic N) is 3. The summed E-state index contributed by atoms with van der Waals surface area (Å²) in [4.78, 5) is 18.2. The van der Waals surface area contributed by atoms with E-state index in [-0.39, 0.29) is 16.7 Å². The fourth-order valence-electron chi connectivity index (χ4n) is 1.17. The molecule has 0 fully saturated rings. The van der Waals surface area contributed by atoms with Gasteiger partial charge in [-0.1, -0.05) is 43.6 Å². The van der Waals surface area contributed by atoms with Gasteiger partial charge >= 0.3 is 5.69 Å². The first kappa shape index (κ1) is 19.3. The van der Waals surface area contributed by atoms with Gasteiger partial charge < -0.3 is 5.32 Å². The van der Waals surface area contributed by atoms with Gasteiger partial charge in [0.15, 0.2) is 5.16 Å². The average Bonchev–Trinajstić information content (AvgIpc) is 2.38. The number of aromatic nitrogens is 2. The molecular weight excluding hydrogens is 320 g/mol. The molecule has 0 saturated carbocycles. The van der Waals surface area contributed by atoms with Gasteiger partial charge in [-0.15, -0.1) is 0 Å². The molecule has 0 amide bonds. The van der Waals surface area contributed by atoms with E-state index in [9.17, 15) is 10.1 Å². The first-order valence-corrected chi connectivity index (χ1v) is 8.35. The molecule has 9 heteroatoms. The van der Waals surface area contributed by atoms with Gasteiger partial charge in [0.1, 0.15) is 0 Å². The lowest BCUT2D eigenvalue weighted by atomic mass is 10.3. The lowest BCUT2D eigenvalue weighted by molar-refractivity contribution is -0.384. The van der Waals surface area contributed by atoms with Crippen LogP contribution in [-0.2, 0) is 0 Å². The minimum absolute atomic E-state index is 0.131. The molecule has 0 saturated heterocycles. The Balaban J connectivity index is 0.00000110. The molecule has 1 rings (SSSR count). The van der Waals surface area contributed by atoms with Crippen molar-refractivity contribution in [1.82, 2.24) is 9.97 Å². The molecule has 20 heavy (non-hydrogen) atoms. The predicted molar refractivity (Wildman–Crippen MR) is 88.4 cm³/mol. The minimum atomic E-state index is -0.569. The van der Waals surface area contributed by atoms with Crippen molar-refractivity contribution in [2.24, 2.45) is 0 Å². The third-order valence-electron chi connectivity index (χ3n) is 2.01. The van der Waals surface area contributed by atoms with Crippen molar-refractivity contribution in [3.8, 4) is 0 Å². The smallest absolute Gasteiger partial charge is 0.348 e. The summed E-state index contributed by atoms with van der Waals surface area (Å²) < 4.78 is 0. The second kappa shape index (κ2) is 11.0. The van der Waals surface area contributed by atoms with Gasteiger partial charge in [-0.05, 0) is 18.4 Å². The molecule has 0 unspecified atom stereocenters. The second-order valence-corrected chi connectivity index (χ2v) is 5.32. The van der Waals surface area contributed by atoms with Crippen LogP contribution in [0.2, 0.25) is 5.15 Å². The molecule has 0 atom stereocenters. The van der Waals surface area contributed by atoms with Crippen LogP contribution in [0.25, 0.3) is 0 Å². The van der Waals surface area contributed by atoms with Crippen molar-refractivity contribution in [2.45, 2.75) is 31.8 Å². The largest absolute Gasteiger partial charge is 0.364 e. The summed E-state index contributed by atoms with van der Waals surface area (Å²) in [6.07, 6.45) is 3.69. The molecule has 1 heterocycles. The summed E-state index contributed by atoms with van der Waals surface area (Å²) >= 11 is 10.9. The van der Waals surface area contributed by atoms with Gasteiger partial charge in [-0.3, -0.25) is 10.1 Å². The molecular formula is C11H19ClN4O2S2. The molecule has 114 valence electrons. The molecule has 1 aromatic heterocycles. The number of thioether (sulfide) groups is 1. The van der Waals surface area contributed by atoms with E-state index in [2.05, 4.69) is 27.9 Å². The molecule has 0 radical (unpaired) electrons. The standard InChI is InChI=1S/C9H13ClN4O2S.C2H6S/c1-3-4-5-11-8-6(14(15)16)7(10)12-9(13-8)17-2;1-2-3/h3-5H2,1-2H3,(H,11,12,13);3H,2H2,1H3. The zero-order valence-electron chi connectivity index (χ0n) is 11.7. The quantitative estimate of drug-likeness (QED) is 0.156. The van der Waals surface area contributed by atoms with Crippen LogP contribution in [0, 0.1) is 10.1 Å². The highest BCUT2D eigenvalue weighted by Gasteiger charge is 2.23. The van der Waals surface area contributed by atoms with Crippen LogP contribution in [0.1, 0.15) is 26.7 Å². The predicted octanol–water partition coefficient (Wildman–Crippen LogP) is 3.91. The van der Waals surface area contributed by atoms with Crippen LogP contribution in [0.15, 0.2) is 5.16 Å². The number of rotatable bonds is 6. The van der Waals surface area contributed by atoms with Crippen molar-refractivity contribution < 1.29 is 4.92 Å². The number of unbranched alkanes of at least 4 members (excludes halogenated alkanes) is 1. The van der Waals surface area contributed by atoms with Gasteiger partial charge in [0.2, 0.25) is 11.0 Å². The van der Waals surface area contributed by atoms with Crippen LogP contribution < -0.4 is 5.32 Å². The summed E-state index contributed by atoms with van der Waals surface area (Å²) in [6, 6.07) is 0. The molecule has 0 aromatic carbocycles. The maximum Gasteiger partial charge on any atom is 0.348 e. The van der Waals surface area contributed by atoms with Crippen molar-refractivity contribution in [2.75, 3.05) is 23.9 Å². The first-order chi connectivity index (χ1) is 9.51. The molecule has 0 aliphatic heterocycles. The van der Waals surface area contributed by atoms with E-state index in [1.54, 1.807) is 6.26 Å². The third-order valence-corrected chi connectivity index (χ3v) is 2.82. The summed E-state index contributed by atoms with van der Waals surface area (Å²) in [5, 5.41) is 14.1. The summed E-state index contributed by atoms with van der Waals surface area (Å²) in [6.45, 7) is 4.65. The zero-order valence-corrected chi connectivity index (χ0v) is 14.2. The van der Waals surface area contributed by atoms with Crippen LogP contribution in [0.5, 0.6) is 0 Å². The first-order valence-electron chi connectivity index (χ1n) is 6.12. The lowest BCUT2D eigenvalue weighted by Gasteiger charge is -2.07. The van der Waals surface area contributed by atoms with Crippen LogP contribution in [-0.4, -0.2) is 33.4 Å². The third kappa shape index (κ3) is 6.62. The van der Waals surface area contributed by atoms with E-state index in [1.807, 2.05) is 13.8 Å². The number of hydrogen-bond donors (Lipinski definition) is 2. The van der Waals surface area contributed by atoms with Gasteiger partial charge in [0.25, 0.3) is 0 Å². The molecule has 1 aromatic rings. The maximum absolute atomic E-state index is 10.9. The van der Waals surface area contributed by atoms with E-state index in [0.29, 0.717) is 11.7 Å². The average molecular weight is 339 g/mol. The van der Waals surface area contributed by atoms with Gasteiger partial charge in [-0.2, -0.15) is 17.6 Å². The monoisotopic (exact) mass is 338 g/mol. The molecule has 1 N–H and O–H groups in total. The topological polar surface area (TPSA) is 81.0 Å². The fourth-order valence-corrected chi connectivity index (χ4v) is 1.82. The Bertz CT molecular complexity index is 435. The highest BCUT2D eigenvalue weighted by Crippen LogP contribution is 2.31. The Morgan fingerprint density at radius 1 is 1.45 bits per heavy atom. The Labute approximate surface area is 133 Å². The summed E-state index contributed by atoms with van der Waals surface area (Å²) in [7, 11) is 0. The van der Waals surface area contributed by atoms with Gasteiger partial charge in [0.05, 0.1) is 4.92 Å². The summed E-state index contributed by atoms with van der Waals surface area (Å²) in [5.41, 5.74) is -0.263. The molecule has 0 bridgehead atoms. The Morgan fingerprint density at radius 2 is 2.05 bits per heavy atom. The maximum atomic E-state index is 10.9. The van der Waals surface area contributed by atoms with Crippen LogP contribution in [0.3, 0.4) is 0 Å². The van der Waals surface area contributed by atoms with E-state index in [0.717, 1.165) is 18.6 Å². The molecule has 0 aliphatic carbocycles. The number of hydrogen-bond acceptors (Lipinski definition) is 7. The van der Waals surface area contributed by atoms with E-state index in [4.69, 9.17) is 11.6 Å². The minimum Gasteiger partial charge on any atom is -0.364 e. The van der Waals surface area contributed by atoms with Gasteiger partial charge in [0, 0.05) is 6.54 Å². The van der Waals surface area contributed by atoms with Gasteiger partial charge in [-0.25, -0.2) is 4.98 Å². The SMILES string of the molecule is CCCCNc1nc(SC)nc(Cl)c1[N+](=O)[O-].CCS. The normalized spacial score (nSPS) is 9.65. The molecule has 6 nitrogen and oxygen atoms in total. The molecule has 0 spiro atoms. The Morgan fingerprint density at radius 3 is 2.50 bits per heavy atom. The number of nitro groups is 1. The molecule has 0 aliphatic rings. The highest BCUT2D eigenvalue weighted by atomic mass is 35.5. The number of thiol groups is 1. The van der Waals surface area contributed by atoms with Crippen LogP contribution >= 0.6 is 36.0 Å². The van der Waals surface area contributed by atoms with Crippen molar-refractivity contribution in [1.29, 1.82) is 0 Å².